The van der Waals surface area contributed by atoms with Crippen molar-refractivity contribution in [1.29, 1.82) is 0 Å². The Labute approximate surface area is 133 Å². The third kappa shape index (κ3) is 8.80. The zero-order chi connectivity index (χ0) is 15.4. The average Bonchev–Trinajstić information content (AvgIpc) is 2.44. The maximum atomic E-state index is 5.42. The molecule has 0 bridgehead atoms. The summed E-state index contributed by atoms with van der Waals surface area (Å²) < 4.78 is 0. The molecule has 126 valence electrons. The molecule has 1 aliphatic carbocycles. The highest BCUT2D eigenvalue weighted by Crippen LogP contribution is 2.34. The molecule has 0 amide bonds. The summed E-state index contributed by atoms with van der Waals surface area (Å²) in [6.07, 6.45) is 15.3. The fraction of sp³-hybridized carbons (Fsp3) is 1.00. The molecule has 0 radical (unpaired) electrons. The third-order valence-electron chi connectivity index (χ3n) is 5.04. The maximum Gasteiger partial charge on any atom is 0.0110 e. The molecular weight excluding hydrogens is 258 g/mol. The summed E-state index contributed by atoms with van der Waals surface area (Å²) in [5.74, 6) is 5.42. The molecule has 0 aliphatic heterocycles. The monoisotopic (exact) mass is 297 g/mol. The molecule has 1 aliphatic rings. The van der Waals surface area contributed by atoms with E-state index in [0.717, 1.165) is 6.54 Å². The molecule has 21 heavy (non-hydrogen) atoms. The van der Waals surface area contributed by atoms with E-state index in [0.29, 0.717) is 5.41 Å². The molecule has 1 saturated carbocycles. The van der Waals surface area contributed by atoms with E-state index in [9.17, 15) is 0 Å². The van der Waals surface area contributed by atoms with Crippen LogP contribution in [0.3, 0.4) is 0 Å². The van der Waals surface area contributed by atoms with Gasteiger partial charge >= 0.3 is 0 Å². The standard InChI is InChI=1S/C18H39N3/c1-3-4-10-15-21(16-11-14-20-19)17-18(2)12-8-6-5-7-9-13-18/h20H,3-17,19H2,1-2H3. The molecule has 0 spiro atoms. The van der Waals surface area contributed by atoms with Crippen molar-refractivity contribution in [1.82, 2.24) is 10.3 Å². The van der Waals surface area contributed by atoms with Crippen LogP contribution in [0.1, 0.15) is 84.5 Å². The summed E-state index contributed by atoms with van der Waals surface area (Å²) in [6, 6.07) is 0. The number of nitrogens with one attached hydrogen (secondary N) is 1. The molecule has 1 fully saturated rings. The van der Waals surface area contributed by atoms with Gasteiger partial charge in [0.2, 0.25) is 0 Å². The lowest BCUT2D eigenvalue weighted by Gasteiger charge is -2.37. The summed E-state index contributed by atoms with van der Waals surface area (Å²) in [6.45, 7) is 9.52. The first-order valence-corrected chi connectivity index (χ1v) is 9.36. The molecule has 3 heteroatoms. The largest absolute Gasteiger partial charge is 0.303 e. The second-order valence-corrected chi connectivity index (χ2v) is 7.37. The number of hydrazine groups is 1. The molecule has 0 atom stereocenters. The predicted molar refractivity (Wildman–Crippen MR) is 93.2 cm³/mol. The van der Waals surface area contributed by atoms with Crippen molar-refractivity contribution in [3.05, 3.63) is 0 Å². The average molecular weight is 298 g/mol. The van der Waals surface area contributed by atoms with E-state index in [1.54, 1.807) is 0 Å². The van der Waals surface area contributed by atoms with Crippen LogP contribution in [-0.2, 0) is 0 Å². The van der Waals surface area contributed by atoms with Crippen molar-refractivity contribution in [2.45, 2.75) is 84.5 Å². The molecule has 3 nitrogen and oxygen atoms in total. The first-order chi connectivity index (χ1) is 10.2. The van der Waals surface area contributed by atoms with Gasteiger partial charge in [-0.3, -0.25) is 11.3 Å². The summed E-state index contributed by atoms with van der Waals surface area (Å²) in [7, 11) is 0. The van der Waals surface area contributed by atoms with Gasteiger partial charge in [-0.25, -0.2) is 0 Å². The van der Waals surface area contributed by atoms with E-state index in [1.165, 1.54) is 90.3 Å². The Morgan fingerprint density at radius 3 is 2.19 bits per heavy atom. The van der Waals surface area contributed by atoms with Gasteiger partial charge in [-0.05, 0) is 44.2 Å². The molecule has 0 aromatic heterocycles. The fourth-order valence-electron chi connectivity index (χ4n) is 3.72. The van der Waals surface area contributed by atoms with Crippen LogP contribution in [0.25, 0.3) is 0 Å². The first kappa shape index (κ1) is 18.9. The van der Waals surface area contributed by atoms with Gasteiger partial charge in [0.15, 0.2) is 0 Å². The van der Waals surface area contributed by atoms with Crippen LogP contribution in [0.15, 0.2) is 0 Å². The zero-order valence-electron chi connectivity index (χ0n) is 14.6. The topological polar surface area (TPSA) is 41.3 Å². The first-order valence-electron chi connectivity index (χ1n) is 9.36. The van der Waals surface area contributed by atoms with E-state index in [4.69, 9.17) is 5.84 Å². The Morgan fingerprint density at radius 1 is 0.952 bits per heavy atom. The minimum absolute atomic E-state index is 0.544. The lowest BCUT2D eigenvalue weighted by molar-refractivity contribution is 0.129. The van der Waals surface area contributed by atoms with Crippen LogP contribution < -0.4 is 11.3 Å². The van der Waals surface area contributed by atoms with Crippen LogP contribution in [0.4, 0.5) is 0 Å². The molecule has 0 aromatic rings. The van der Waals surface area contributed by atoms with Crippen molar-refractivity contribution in [3.8, 4) is 0 Å². The van der Waals surface area contributed by atoms with Gasteiger partial charge in [-0.2, -0.15) is 0 Å². The van der Waals surface area contributed by atoms with E-state index in [-0.39, 0.29) is 0 Å². The lowest BCUT2D eigenvalue weighted by Crippen LogP contribution is -2.39. The smallest absolute Gasteiger partial charge is 0.0110 e. The normalized spacial score (nSPS) is 19.4. The third-order valence-corrected chi connectivity index (χ3v) is 5.04. The number of hydrogen-bond donors (Lipinski definition) is 2. The summed E-state index contributed by atoms with van der Waals surface area (Å²) in [5, 5.41) is 0. The molecule has 0 unspecified atom stereocenters. The van der Waals surface area contributed by atoms with E-state index < -0.39 is 0 Å². The Kier molecular flexibility index (Phi) is 10.3. The van der Waals surface area contributed by atoms with Crippen LogP contribution >= 0.6 is 0 Å². The second-order valence-electron chi connectivity index (χ2n) is 7.37. The molecular formula is C18H39N3. The highest BCUT2D eigenvalue weighted by atomic mass is 15.2. The minimum Gasteiger partial charge on any atom is -0.303 e. The van der Waals surface area contributed by atoms with Crippen LogP contribution in [0.2, 0.25) is 0 Å². The molecule has 0 saturated heterocycles. The molecule has 1 rings (SSSR count). The predicted octanol–water partition coefficient (Wildman–Crippen LogP) is 4.08. The second kappa shape index (κ2) is 11.4. The van der Waals surface area contributed by atoms with Crippen LogP contribution in [0, 0.1) is 5.41 Å². The van der Waals surface area contributed by atoms with Crippen molar-refractivity contribution in [3.63, 3.8) is 0 Å². The summed E-state index contributed by atoms with van der Waals surface area (Å²) in [5.41, 5.74) is 3.34. The van der Waals surface area contributed by atoms with Crippen molar-refractivity contribution >= 4 is 0 Å². The minimum atomic E-state index is 0.544. The summed E-state index contributed by atoms with van der Waals surface area (Å²) in [4.78, 5) is 2.72. The molecule has 3 N–H and O–H groups in total. The van der Waals surface area contributed by atoms with Crippen LogP contribution in [-0.4, -0.2) is 31.1 Å². The van der Waals surface area contributed by atoms with Gasteiger partial charge in [0.05, 0.1) is 0 Å². The zero-order valence-corrected chi connectivity index (χ0v) is 14.6. The van der Waals surface area contributed by atoms with Gasteiger partial charge < -0.3 is 4.90 Å². The number of hydrogen-bond acceptors (Lipinski definition) is 3. The Hall–Kier alpha value is -0.120. The molecule has 0 aromatic carbocycles. The van der Waals surface area contributed by atoms with Crippen molar-refractivity contribution < 1.29 is 0 Å². The fourth-order valence-corrected chi connectivity index (χ4v) is 3.72. The SMILES string of the molecule is CCCCCN(CCCNN)CC1(C)CCCCCCC1. The quantitative estimate of drug-likeness (QED) is 0.363. The van der Waals surface area contributed by atoms with Gasteiger partial charge in [0, 0.05) is 13.1 Å². The van der Waals surface area contributed by atoms with E-state index in [1.807, 2.05) is 0 Å². The highest BCUT2D eigenvalue weighted by molar-refractivity contribution is 4.80. The number of rotatable bonds is 10. The van der Waals surface area contributed by atoms with Crippen LogP contribution in [0.5, 0.6) is 0 Å². The lowest BCUT2D eigenvalue weighted by atomic mass is 9.77. The molecule has 0 heterocycles. The Morgan fingerprint density at radius 2 is 1.57 bits per heavy atom. The van der Waals surface area contributed by atoms with Crippen molar-refractivity contribution in [2.24, 2.45) is 11.3 Å². The maximum absolute atomic E-state index is 5.42. The number of nitrogens with zero attached hydrogens (tertiary/aromatic N) is 1. The van der Waals surface area contributed by atoms with Crippen molar-refractivity contribution in [2.75, 3.05) is 26.2 Å². The number of unbranched alkanes of at least 4 members (excludes halogenated alkanes) is 2. The van der Waals surface area contributed by atoms with Gasteiger partial charge in [-0.1, -0.05) is 58.8 Å². The Bertz CT molecular complexity index is 225. The summed E-state index contributed by atoms with van der Waals surface area (Å²) >= 11 is 0. The van der Waals surface area contributed by atoms with Gasteiger partial charge in [0.1, 0.15) is 0 Å². The van der Waals surface area contributed by atoms with E-state index >= 15 is 0 Å². The Balaban J connectivity index is 2.45. The highest BCUT2D eigenvalue weighted by Gasteiger charge is 2.27. The van der Waals surface area contributed by atoms with E-state index in [2.05, 4.69) is 24.2 Å². The van der Waals surface area contributed by atoms with Gasteiger partial charge in [0.25, 0.3) is 0 Å². The number of nitrogens with two attached hydrogens (primary N) is 1. The van der Waals surface area contributed by atoms with Gasteiger partial charge in [-0.15, -0.1) is 0 Å².